The van der Waals surface area contributed by atoms with Crippen LogP contribution in [0.1, 0.15) is 33.1 Å². The molecule has 13 unspecified atom stereocenters. The highest BCUT2D eigenvalue weighted by Gasteiger charge is 2.53. The van der Waals surface area contributed by atoms with Crippen molar-refractivity contribution in [2.24, 2.45) is 29.6 Å². The number of carbonyl (C=O) groups excluding carboxylic acids is 2. The van der Waals surface area contributed by atoms with Gasteiger partial charge in [-0.25, -0.2) is 0 Å². The third kappa shape index (κ3) is 6.85. The number of nitrogens with one attached hydrogen (secondary N) is 5. The first-order valence-electron chi connectivity index (χ1n) is 14.9. The summed E-state index contributed by atoms with van der Waals surface area (Å²) in [6, 6.07) is -0.477. The molecule has 0 bridgehead atoms. The van der Waals surface area contributed by atoms with Crippen molar-refractivity contribution >= 4 is 35.2 Å². The van der Waals surface area contributed by atoms with Gasteiger partial charge in [-0.05, 0) is 43.9 Å². The lowest BCUT2D eigenvalue weighted by atomic mass is 9.70. The Labute approximate surface area is 254 Å². The second-order valence-corrected chi connectivity index (χ2v) is 14.5. The van der Waals surface area contributed by atoms with Gasteiger partial charge in [0.25, 0.3) is 0 Å². The number of thioether (sulfide) groups is 1. The Morgan fingerprint density at radius 3 is 2.43 bits per heavy atom. The summed E-state index contributed by atoms with van der Waals surface area (Å²) in [5, 5.41) is 16.3. The van der Waals surface area contributed by atoms with Crippen molar-refractivity contribution in [3.63, 3.8) is 0 Å². The molecule has 10 nitrogen and oxygen atoms in total. The number of amides is 2. The summed E-state index contributed by atoms with van der Waals surface area (Å²) in [6.07, 6.45) is -4.24. The Hall–Kier alpha value is -0.870. The van der Waals surface area contributed by atoms with E-state index in [-0.39, 0.29) is 64.4 Å². The minimum absolute atomic E-state index is 0.00709. The molecule has 5 rings (SSSR count). The molecule has 0 spiro atoms. The summed E-state index contributed by atoms with van der Waals surface area (Å²) < 4.78 is 51.3. The summed E-state index contributed by atoms with van der Waals surface area (Å²) in [4.78, 5) is 28.7. The standard InChI is InChI=1S/C27H44ClF3N6O4S/c1-12-5-17(27(29,30)31)24(41-4)35-22(12)25(39)37-10-18-20(11-37)42-26(34-18)36-23(38)16-8-32-13(2)6-14(16)15-7-21(28)33-9-19(15)40-3/h12-22,24,26,32-35H,5-11H2,1-4H3,(H,36,38). The SMILES string of the molecule is COC1CNC(Cl)CC1C1CC(C)NCC1C(=O)NC1NC2CN(C(=O)C3NC(OC)C(C(F)(F)F)CC3C)CC2S1. The maximum atomic E-state index is 13.6. The van der Waals surface area contributed by atoms with Crippen LogP contribution in [-0.2, 0) is 19.1 Å². The number of fused-ring (bicyclic) bond motifs is 1. The molecule has 5 saturated heterocycles. The van der Waals surface area contributed by atoms with E-state index >= 15 is 0 Å². The third-order valence-electron chi connectivity index (χ3n) is 9.89. The fourth-order valence-corrected chi connectivity index (χ4v) is 9.31. The van der Waals surface area contributed by atoms with E-state index in [1.54, 1.807) is 30.7 Å². The molecule has 240 valence electrons. The first-order chi connectivity index (χ1) is 19.9. The second kappa shape index (κ2) is 13.2. The van der Waals surface area contributed by atoms with E-state index in [0.29, 0.717) is 32.2 Å². The maximum Gasteiger partial charge on any atom is 0.395 e. The van der Waals surface area contributed by atoms with Crippen LogP contribution < -0.4 is 26.6 Å². The summed E-state index contributed by atoms with van der Waals surface area (Å²) >= 11 is 8.05. The minimum atomic E-state index is -4.40. The lowest BCUT2D eigenvalue weighted by Gasteiger charge is -2.45. The lowest BCUT2D eigenvalue weighted by molar-refractivity contribution is -0.224. The number of carbonyl (C=O) groups is 2. The van der Waals surface area contributed by atoms with Gasteiger partial charge in [-0.1, -0.05) is 6.92 Å². The van der Waals surface area contributed by atoms with Crippen molar-refractivity contribution in [3.05, 3.63) is 0 Å². The highest BCUT2D eigenvalue weighted by atomic mass is 35.5. The maximum absolute atomic E-state index is 13.6. The van der Waals surface area contributed by atoms with E-state index in [9.17, 15) is 22.8 Å². The number of alkyl halides is 4. The van der Waals surface area contributed by atoms with E-state index in [2.05, 4.69) is 33.5 Å². The normalized spacial score (nSPS) is 44.6. The molecule has 5 aliphatic rings. The van der Waals surface area contributed by atoms with Gasteiger partial charge in [-0.2, -0.15) is 13.2 Å². The van der Waals surface area contributed by atoms with E-state index < -0.39 is 30.3 Å². The molecular weight excluding hydrogens is 597 g/mol. The minimum Gasteiger partial charge on any atom is -0.380 e. The molecule has 0 saturated carbocycles. The van der Waals surface area contributed by atoms with Crippen LogP contribution in [-0.4, -0.2) is 110 Å². The lowest BCUT2D eigenvalue weighted by Crippen LogP contribution is -2.61. The highest BCUT2D eigenvalue weighted by Crippen LogP contribution is 2.40. The first-order valence-corrected chi connectivity index (χ1v) is 16.3. The number of nitrogens with zero attached hydrogens (tertiary/aromatic N) is 1. The van der Waals surface area contributed by atoms with Gasteiger partial charge in [0.1, 0.15) is 11.7 Å². The van der Waals surface area contributed by atoms with E-state index in [1.165, 1.54) is 7.11 Å². The van der Waals surface area contributed by atoms with Gasteiger partial charge in [0.2, 0.25) is 11.8 Å². The zero-order valence-corrected chi connectivity index (χ0v) is 26.0. The topological polar surface area (TPSA) is 116 Å². The fourth-order valence-electron chi connectivity index (χ4n) is 7.61. The van der Waals surface area contributed by atoms with Crippen molar-refractivity contribution in [1.29, 1.82) is 0 Å². The summed E-state index contributed by atoms with van der Waals surface area (Å²) in [5.74, 6) is -2.29. The van der Waals surface area contributed by atoms with Crippen LogP contribution in [0.4, 0.5) is 13.2 Å². The van der Waals surface area contributed by atoms with Crippen LogP contribution in [0.25, 0.3) is 0 Å². The average molecular weight is 641 g/mol. The average Bonchev–Trinajstić information content (AvgIpc) is 3.50. The van der Waals surface area contributed by atoms with Gasteiger partial charge in [0.15, 0.2) is 0 Å². The Morgan fingerprint density at radius 2 is 1.76 bits per heavy atom. The van der Waals surface area contributed by atoms with Crippen molar-refractivity contribution in [2.45, 2.75) is 86.0 Å². The van der Waals surface area contributed by atoms with E-state index in [1.807, 2.05) is 0 Å². The molecule has 5 fully saturated rings. The molecular formula is C27H44ClF3N6O4S. The van der Waals surface area contributed by atoms with Crippen molar-refractivity contribution in [1.82, 2.24) is 31.5 Å². The van der Waals surface area contributed by atoms with E-state index in [0.717, 1.165) is 12.8 Å². The highest BCUT2D eigenvalue weighted by molar-refractivity contribution is 8.00. The smallest absolute Gasteiger partial charge is 0.380 e. The number of halogens is 4. The Kier molecular flexibility index (Phi) is 10.3. The molecule has 13 atom stereocenters. The quantitative estimate of drug-likeness (QED) is 0.216. The van der Waals surface area contributed by atoms with Crippen LogP contribution >= 0.6 is 23.4 Å². The molecule has 0 aliphatic carbocycles. The summed E-state index contributed by atoms with van der Waals surface area (Å²) in [6.45, 7) is 5.95. The van der Waals surface area contributed by atoms with Crippen LogP contribution in [0.15, 0.2) is 0 Å². The first kappa shape index (κ1) is 32.5. The molecule has 0 radical (unpaired) electrons. The predicted octanol–water partition coefficient (Wildman–Crippen LogP) is 1.25. The number of rotatable bonds is 6. The van der Waals surface area contributed by atoms with Gasteiger partial charge in [0.05, 0.1) is 29.5 Å². The number of piperidine rings is 3. The fraction of sp³-hybridized carbons (Fsp3) is 0.926. The molecule has 5 N–H and O–H groups in total. The molecule has 5 aliphatic heterocycles. The number of ether oxygens (including phenoxy) is 2. The number of methoxy groups -OCH3 is 2. The molecule has 0 aromatic carbocycles. The predicted molar refractivity (Wildman–Crippen MR) is 153 cm³/mol. The number of hydrogen-bond donors (Lipinski definition) is 5. The zero-order chi connectivity index (χ0) is 30.3. The van der Waals surface area contributed by atoms with Crippen LogP contribution in [0, 0.1) is 29.6 Å². The van der Waals surface area contributed by atoms with Gasteiger partial charge in [-0.3, -0.25) is 25.5 Å². The zero-order valence-electron chi connectivity index (χ0n) is 24.5. The second-order valence-electron chi connectivity index (χ2n) is 12.6. The van der Waals surface area contributed by atoms with Crippen LogP contribution in [0.3, 0.4) is 0 Å². The Balaban J connectivity index is 1.16. The molecule has 5 heterocycles. The summed E-state index contributed by atoms with van der Waals surface area (Å²) in [7, 11) is 2.94. The third-order valence-corrected chi connectivity index (χ3v) is 11.6. The van der Waals surface area contributed by atoms with Crippen molar-refractivity contribution < 1.29 is 32.2 Å². The summed E-state index contributed by atoms with van der Waals surface area (Å²) in [5.41, 5.74) is -0.431. The monoisotopic (exact) mass is 640 g/mol. The van der Waals surface area contributed by atoms with Crippen molar-refractivity contribution in [2.75, 3.05) is 40.4 Å². The molecule has 15 heteroatoms. The van der Waals surface area contributed by atoms with E-state index in [4.69, 9.17) is 21.1 Å². The molecule has 2 amide bonds. The molecule has 0 aromatic rings. The van der Waals surface area contributed by atoms with Crippen LogP contribution in [0.5, 0.6) is 0 Å². The molecule has 42 heavy (non-hydrogen) atoms. The van der Waals surface area contributed by atoms with Crippen molar-refractivity contribution in [3.8, 4) is 0 Å². The number of hydrogen-bond acceptors (Lipinski definition) is 9. The molecule has 0 aromatic heterocycles. The Morgan fingerprint density at radius 1 is 1.00 bits per heavy atom. The van der Waals surface area contributed by atoms with Gasteiger partial charge in [0, 0.05) is 57.7 Å². The number of likely N-dealkylation sites (tertiary alicyclic amines) is 1. The van der Waals surface area contributed by atoms with Crippen LogP contribution in [0.2, 0.25) is 0 Å². The van der Waals surface area contributed by atoms with Gasteiger partial charge in [-0.15, -0.1) is 23.4 Å². The van der Waals surface area contributed by atoms with Gasteiger partial charge < -0.3 is 25.0 Å². The van der Waals surface area contributed by atoms with Gasteiger partial charge >= 0.3 is 6.18 Å². The Bertz CT molecular complexity index is 973. The largest absolute Gasteiger partial charge is 0.395 e.